The van der Waals surface area contributed by atoms with E-state index in [1.165, 1.54) is 32.1 Å². The summed E-state index contributed by atoms with van der Waals surface area (Å²) < 4.78 is 5.32. The predicted octanol–water partition coefficient (Wildman–Crippen LogP) is 4.81. The van der Waals surface area contributed by atoms with Gasteiger partial charge in [0.15, 0.2) is 0 Å². The number of ether oxygens (including phenoxy) is 1. The van der Waals surface area contributed by atoms with Crippen molar-refractivity contribution in [3.63, 3.8) is 0 Å². The van der Waals surface area contributed by atoms with Gasteiger partial charge in [0.25, 0.3) is 0 Å². The Balaban J connectivity index is 2.08. The molecule has 0 aromatic heterocycles. The molecule has 1 aliphatic rings. The Morgan fingerprint density at radius 3 is 2.30 bits per heavy atom. The van der Waals surface area contributed by atoms with Crippen LogP contribution in [0.15, 0.2) is 0 Å². The zero-order valence-electron chi connectivity index (χ0n) is 14.9. The van der Waals surface area contributed by atoms with Crippen LogP contribution in [0, 0.1) is 17.8 Å². The van der Waals surface area contributed by atoms with Gasteiger partial charge < -0.3 is 9.84 Å². The molecule has 0 spiro atoms. The number of aliphatic carboxylic acids is 1. The highest BCUT2D eigenvalue weighted by atomic mass is 16.5. The van der Waals surface area contributed by atoms with E-state index in [1.807, 2.05) is 0 Å². The van der Waals surface area contributed by atoms with Crippen molar-refractivity contribution in [2.24, 2.45) is 17.8 Å². The first-order valence-electron chi connectivity index (χ1n) is 9.45. The number of rotatable bonds is 11. The summed E-state index contributed by atoms with van der Waals surface area (Å²) in [6.45, 7) is 4.97. The molecule has 3 atom stereocenters. The molecule has 23 heavy (non-hydrogen) atoms. The van der Waals surface area contributed by atoms with Crippen LogP contribution in [-0.2, 0) is 14.3 Å². The van der Waals surface area contributed by atoms with Crippen molar-refractivity contribution in [2.45, 2.75) is 84.5 Å². The Kier molecular flexibility index (Phi) is 9.97. The molecular weight excluding hydrogens is 292 g/mol. The van der Waals surface area contributed by atoms with Gasteiger partial charge in [0, 0.05) is 0 Å². The van der Waals surface area contributed by atoms with E-state index in [4.69, 9.17) is 4.74 Å². The molecule has 4 heteroatoms. The summed E-state index contributed by atoms with van der Waals surface area (Å²) in [5.74, 6) is -1.30. The second-order valence-electron chi connectivity index (χ2n) is 7.07. The van der Waals surface area contributed by atoms with E-state index in [2.05, 4.69) is 13.8 Å². The van der Waals surface area contributed by atoms with Crippen molar-refractivity contribution in [3.05, 3.63) is 0 Å². The highest BCUT2D eigenvalue weighted by molar-refractivity contribution is 5.81. The zero-order chi connectivity index (χ0) is 17.1. The molecule has 0 heterocycles. The van der Waals surface area contributed by atoms with Crippen molar-refractivity contribution in [1.29, 1.82) is 0 Å². The van der Waals surface area contributed by atoms with Crippen LogP contribution in [-0.4, -0.2) is 23.7 Å². The van der Waals surface area contributed by atoms with Gasteiger partial charge in [-0.3, -0.25) is 9.59 Å². The Morgan fingerprint density at radius 2 is 1.65 bits per heavy atom. The summed E-state index contributed by atoms with van der Waals surface area (Å²) in [6, 6.07) is 0. The second kappa shape index (κ2) is 11.5. The first kappa shape index (κ1) is 20.0. The Labute approximate surface area is 141 Å². The largest absolute Gasteiger partial charge is 0.481 e. The maximum absolute atomic E-state index is 12.1. The first-order chi connectivity index (χ1) is 11.1. The van der Waals surface area contributed by atoms with Gasteiger partial charge in [0.2, 0.25) is 0 Å². The van der Waals surface area contributed by atoms with Gasteiger partial charge in [-0.1, -0.05) is 65.2 Å². The lowest BCUT2D eigenvalue weighted by molar-refractivity contribution is -0.159. The van der Waals surface area contributed by atoms with Gasteiger partial charge in [-0.15, -0.1) is 0 Å². The second-order valence-corrected chi connectivity index (χ2v) is 7.07. The van der Waals surface area contributed by atoms with Gasteiger partial charge in [-0.2, -0.15) is 0 Å². The van der Waals surface area contributed by atoms with E-state index in [1.54, 1.807) is 0 Å². The maximum atomic E-state index is 12.1. The molecule has 0 aromatic rings. The molecule has 1 saturated carbocycles. The van der Waals surface area contributed by atoms with Gasteiger partial charge in [0.1, 0.15) is 0 Å². The Bertz CT molecular complexity index is 353. The van der Waals surface area contributed by atoms with Gasteiger partial charge in [-0.25, -0.2) is 0 Å². The molecule has 0 saturated heterocycles. The van der Waals surface area contributed by atoms with Crippen molar-refractivity contribution >= 4 is 11.9 Å². The number of esters is 1. The molecule has 1 rings (SSSR count). The monoisotopic (exact) mass is 326 g/mol. The van der Waals surface area contributed by atoms with E-state index < -0.39 is 17.8 Å². The highest BCUT2D eigenvalue weighted by Gasteiger charge is 2.36. The summed E-state index contributed by atoms with van der Waals surface area (Å²) >= 11 is 0. The lowest BCUT2D eigenvalue weighted by atomic mass is 9.79. The fourth-order valence-corrected chi connectivity index (χ4v) is 3.32. The standard InChI is InChI=1S/C19H34O4/c1-3-15(2)11-7-5-4-6-10-14-23-19(22)17-13-9-8-12-16(17)18(20)21/h15-17H,3-14H2,1-2H3,(H,20,21). The van der Waals surface area contributed by atoms with Crippen molar-refractivity contribution in [2.75, 3.05) is 6.61 Å². The van der Waals surface area contributed by atoms with Crippen LogP contribution in [0.25, 0.3) is 0 Å². The maximum Gasteiger partial charge on any atom is 0.309 e. The SMILES string of the molecule is CCC(C)CCCCCCCOC(=O)C1CCCCC1C(=O)O. The van der Waals surface area contributed by atoms with Crippen LogP contribution in [0.2, 0.25) is 0 Å². The Hall–Kier alpha value is -1.06. The lowest BCUT2D eigenvalue weighted by Crippen LogP contribution is -2.33. The minimum absolute atomic E-state index is 0.297. The highest BCUT2D eigenvalue weighted by Crippen LogP contribution is 2.31. The van der Waals surface area contributed by atoms with Gasteiger partial charge in [-0.05, 0) is 25.2 Å². The third kappa shape index (κ3) is 7.85. The van der Waals surface area contributed by atoms with E-state index in [-0.39, 0.29) is 5.97 Å². The van der Waals surface area contributed by atoms with Crippen LogP contribution < -0.4 is 0 Å². The van der Waals surface area contributed by atoms with E-state index >= 15 is 0 Å². The molecule has 0 amide bonds. The molecule has 4 nitrogen and oxygen atoms in total. The first-order valence-corrected chi connectivity index (χ1v) is 9.45. The minimum Gasteiger partial charge on any atom is -0.481 e. The molecule has 3 unspecified atom stereocenters. The summed E-state index contributed by atoms with van der Waals surface area (Å²) in [7, 11) is 0. The average Bonchev–Trinajstić information content (AvgIpc) is 2.56. The fraction of sp³-hybridized carbons (Fsp3) is 0.895. The predicted molar refractivity (Wildman–Crippen MR) is 91.2 cm³/mol. The number of unbranched alkanes of at least 4 members (excludes halogenated alkanes) is 4. The molecule has 0 aliphatic heterocycles. The molecular formula is C19H34O4. The van der Waals surface area contributed by atoms with Crippen LogP contribution in [0.1, 0.15) is 84.5 Å². The topological polar surface area (TPSA) is 63.6 Å². The van der Waals surface area contributed by atoms with Gasteiger partial charge >= 0.3 is 11.9 Å². The molecule has 1 fully saturated rings. The van der Waals surface area contributed by atoms with E-state index in [0.717, 1.165) is 31.6 Å². The van der Waals surface area contributed by atoms with Crippen LogP contribution in [0.4, 0.5) is 0 Å². The molecule has 1 aliphatic carbocycles. The van der Waals surface area contributed by atoms with Crippen molar-refractivity contribution < 1.29 is 19.4 Å². The van der Waals surface area contributed by atoms with Gasteiger partial charge in [0.05, 0.1) is 18.4 Å². The minimum atomic E-state index is -0.854. The number of carboxylic acids is 1. The summed E-state index contributed by atoms with van der Waals surface area (Å²) in [4.78, 5) is 23.3. The molecule has 134 valence electrons. The van der Waals surface area contributed by atoms with Crippen LogP contribution >= 0.6 is 0 Å². The van der Waals surface area contributed by atoms with E-state index in [0.29, 0.717) is 19.4 Å². The van der Waals surface area contributed by atoms with Crippen LogP contribution in [0.5, 0.6) is 0 Å². The summed E-state index contributed by atoms with van der Waals surface area (Å²) in [6.07, 6.45) is 11.4. The number of carboxylic acid groups (broad SMARTS) is 1. The number of hydrogen-bond donors (Lipinski definition) is 1. The third-order valence-corrected chi connectivity index (χ3v) is 5.17. The van der Waals surface area contributed by atoms with Crippen molar-refractivity contribution in [1.82, 2.24) is 0 Å². The number of carbonyl (C=O) groups is 2. The number of carbonyl (C=O) groups excluding carboxylic acids is 1. The molecule has 0 aromatic carbocycles. The van der Waals surface area contributed by atoms with Crippen LogP contribution in [0.3, 0.4) is 0 Å². The third-order valence-electron chi connectivity index (χ3n) is 5.17. The summed E-state index contributed by atoms with van der Waals surface area (Å²) in [5, 5.41) is 9.20. The molecule has 1 N–H and O–H groups in total. The molecule has 0 radical (unpaired) electrons. The Morgan fingerprint density at radius 1 is 1.04 bits per heavy atom. The number of hydrogen-bond acceptors (Lipinski definition) is 3. The fourth-order valence-electron chi connectivity index (χ4n) is 3.32. The average molecular weight is 326 g/mol. The zero-order valence-corrected chi connectivity index (χ0v) is 14.9. The van der Waals surface area contributed by atoms with Crippen molar-refractivity contribution in [3.8, 4) is 0 Å². The lowest BCUT2D eigenvalue weighted by Gasteiger charge is -2.26. The molecule has 0 bridgehead atoms. The van der Waals surface area contributed by atoms with E-state index in [9.17, 15) is 14.7 Å². The normalized spacial score (nSPS) is 22.5. The quantitative estimate of drug-likeness (QED) is 0.437. The smallest absolute Gasteiger partial charge is 0.309 e. The summed E-state index contributed by atoms with van der Waals surface area (Å²) in [5.41, 5.74) is 0.